The third-order valence-corrected chi connectivity index (χ3v) is 5.34. The lowest BCUT2D eigenvalue weighted by atomic mass is 9.94. The third-order valence-electron chi connectivity index (χ3n) is 5.34. The molecule has 1 atom stereocenters. The van der Waals surface area contributed by atoms with E-state index in [0.29, 0.717) is 11.5 Å². The molecule has 5 nitrogen and oxygen atoms in total. The maximum atomic E-state index is 11.5. The number of likely N-dealkylation sites (tertiary alicyclic amines) is 1. The molecular weight excluding hydrogens is 350 g/mol. The molecule has 1 saturated heterocycles. The second-order valence-electron chi connectivity index (χ2n) is 7.25. The van der Waals surface area contributed by atoms with E-state index >= 15 is 0 Å². The number of benzene rings is 2. The largest absolute Gasteiger partial charge is 0.478 e. The number of aromatic carboxylic acids is 1. The van der Waals surface area contributed by atoms with Crippen molar-refractivity contribution in [2.24, 2.45) is 0 Å². The predicted octanol–water partition coefficient (Wildman–Crippen LogP) is 4.22. The number of nitrogens with zero attached hydrogens (tertiary/aromatic N) is 3. The van der Waals surface area contributed by atoms with Crippen LogP contribution in [0.5, 0.6) is 0 Å². The lowest BCUT2D eigenvalue weighted by molar-refractivity contribution is 0.0697. The minimum absolute atomic E-state index is 0.332. The second-order valence-corrected chi connectivity index (χ2v) is 7.25. The van der Waals surface area contributed by atoms with Gasteiger partial charge in [-0.2, -0.15) is 0 Å². The van der Waals surface area contributed by atoms with Gasteiger partial charge in [-0.15, -0.1) is 0 Å². The van der Waals surface area contributed by atoms with Gasteiger partial charge >= 0.3 is 5.97 Å². The molecule has 0 bridgehead atoms. The summed E-state index contributed by atoms with van der Waals surface area (Å²) in [7, 11) is 0. The van der Waals surface area contributed by atoms with Crippen LogP contribution in [0.15, 0.2) is 67.1 Å². The first kappa shape index (κ1) is 18.3. The average Bonchev–Trinajstić information content (AvgIpc) is 2.75. The number of rotatable bonds is 5. The van der Waals surface area contributed by atoms with Crippen molar-refractivity contribution in [1.29, 1.82) is 0 Å². The molecule has 142 valence electrons. The number of carboxylic acids is 1. The maximum absolute atomic E-state index is 11.5. The van der Waals surface area contributed by atoms with Gasteiger partial charge in [0, 0.05) is 37.6 Å². The van der Waals surface area contributed by atoms with Crippen LogP contribution in [0.1, 0.15) is 40.4 Å². The van der Waals surface area contributed by atoms with Crippen molar-refractivity contribution in [3.8, 4) is 11.1 Å². The first-order chi connectivity index (χ1) is 13.7. The van der Waals surface area contributed by atoms with E-state index in [0.717, 1.165) is 49.3 Å². The highest BCUT2D eigenvalue weighted by Crippen LogP contribution is 2.27. The van der Waals surface area contributed by atoms with Crippen LogP contribution >= 0.6 is 0 Å². The van der Waals surface area contributed by atoms with Gasteiger partial charge in [-0.1, -0.05) is 42.5 Å². The number of hydrogen-bond acceptors (Lipinski definition) is 4. The van der Waals surface area contributed by atoms with Crippen molar-refractivity contribution in [1.82, 2.24) is 14.9 Å². The second kappa shape index (κ2) is 8.31. The summed E-state index contributed by atoms with van der Waals surface area (Å²) < 4.78 is 0. The molecule has 1 aromatic heterocycles. The van der Waals surface area contributed by atoms with Gasteiger partial charge < -0.3 is 5.11 Å². The van der Waals surface area contributed by atoms with Gasteiger partial charge in [0.25, 0.3) is 0 Å². The Morgan fingerprint density at radius 1 is 1.11 bits per heavy atom. The van der Waals surface area contributed by atoms with Crippen LogP contribution in [-0.4, -0.2) is 39.0 Å². The molecule has 4 rings (SSSR count). The molecule has 1 N–H and O–H groups in total. The van der Waals surface area contributed by atoms with Gasteiger partial charge in [-0.05, 0) is 42.1 Å². The normalized spacial score (nSPS) is 17.4. The summed E-state index contributed by atoms with van der Waals surface area (Å²) in [6, 6.07) is 15.4. The number of carboxylic acid groups (broad SMARTS) is 1. The van der Waals surface area contributed by atoms with Gasteiger partial charge in [-0.25, -0.2) is 4.79 Å². The SMILES string of the molecule is O=C(O)c1ccccc1-c1ccc(CN2CCC[C@@H](c3cnccn3)C2)cc1. The summed E-state index contributed by atoms with van der Waals surface area (Å²) in [5.74, 6) is -0.466. The van der Waals surface area contributed by atoms with Crippen LogP contribution in [0, 0.1) is 0 Å². The average molecular weight is 373 g/mol. The molecule has 0 spiro atoms. The van der Waals surface area contributed by atoms with Crippen LogP contribution in [-0.2, 0) is 6.54 Å². The summed E-state index contributed by atoms with van der Waals surface area (Å²) in [6.45, 7) is 2.96. The van der Waals surface area contributed by atoms with Gasteiger partial charge in [0.15, 0.2) is 0 Å². The van der Waals surface area contributed by atoms with Gasteiger partial charge in [-0.3, -0.25) is 14.9 Å². The van der Waals surface area contributed by atoms with E-state index in [2.05, 4.69) is 27.0 Å². The van der Waals surface area contributed by atoms with Crippen molar-refractivity contribution in [3.63, 3.8) is 0 Å². The fourth-order valence-electron chi connectivity index (χ4n) is 3.93. The molecule has 5 heteroatoms. The molecule has 2 aromatic carbocycles. The number of carbonyl (C=O) groups is 1. The molecule has 0 saturated carbocycles. The first-order valence-electron chi connectivity index (χ1n) is 9.60. The molecule has 1 aliphatic heterocycles. The van der Waals surface area contributed by atoms with Crippen LogP contribution in [0.4, 0.5) is 0 Å². The molecule has 1 fully saturated rings. The van der Waals surface area contributed by atoms with Gasteiger partial charge in [0.1, 0.15) is 0 Å². The Morgan fingerprint density at radius 3 is 2.68 bits per heavy atom. The first-order valence-corrected chi connectivity index (χ1v) is 9.60. The fraction of sp³-hybridized carbons (Fsp3) is 0.261. The fourth-order valence-corrected chi connectivity index (χ4v) is 3.93. The van der Waals surface area contributed by atoms with Gasteiger partial charge in [0.2, 0.25) is 0 Å². The van der Waals surface area contributed by atoms with Crippen LogP contribution in [0.2, 0.25) is 0 Å². The quantitative estimate of drug-likeness (QED) is 0.725. The zero-order valence-electron chi connectivity index (χ0n) is 15.7. The smallest absolute Gasteiger partial charge is 0.336 e. The minimum atomic E-state index is -0.900. The Bertz CT molecular complexity index is 942. The molecule has 2 heterocycles. The van der Waals surface area contributed by atoms with E-state index in [4.69, 9.17) is 0 Å². The molecule has 1 aliphatic rings. The molecule has 3 aromatic rings. The molecule has 0 radical (unpaired) electrons. The summed E-state index contributed by atoms with van der Waals surface area (Å²) >= 11 is 0. The highest BCUT2D eigenvalue weighted by molar-refractivity contribution is 5.95. The lowest BCUT2D eigenvalue weighted by Gasteiger charge is -2.32. The number of aromatic nitrogens is 2. The maximum Gasteiger partial charge on any atom is 0.336 e. The highest BCUT2D eigenvalue weighted by Gasteiger charge is 2.22. The van der Waals surface area contributed by atoms with E-state index in [-0.39, 0.29) is 0 Å². The standard InChI is InChI=1S/C23H23N3O2/c27-23(28)21-6-2-1-5-20(21)18-9-7-17(8-10-18)15-26-13-3-4-19(16-26)22-14-24-11-12-25-22/h1-2,5-12,14,19H,3-4,13,15-16H2,(H,27,28)/t19-/m1/s1. The van der Waals surface area contributed by atoms with E-state index in [9.17, 15) is 9.90 Å². The Morgan fingerprint density at radius 2 is 1.93 bits per heavy atom. The van der Waals surface area contributed by atoms with E-state index in [1.807, 2.05) is 30.5 Å². The molecular formula is C23H23N3O2. The van der Waals surface area contributed by atoms with Crippen molar-refractivity contribution < 1.29 is 9.90 Å². The van der Waals surface area contributed by atoms with Crippen molar-refractivity contribution in [2.75, 3.05) is 13.1 Å². The van der Waals surface area contributed by atoms with E-state index in [1.165, 1.54) is 5.56 Å². The van der Waals surface area contributed by atoms with Crippen molar-refractivity contribution >= 4 is 5.97 Å². The Kier molecular flexibility index (Phi) is 5.44. The predicted molar refractivity (Wildman–Crippen MR) is 108 cm³/mol. The zero-order chi connectivity index (χ0) is 19.3. The monoisotopic (exact) mass is 373 g/mol. The van der Waals surface area contributed by atoms with Crippen LogP contribution < -0.4 is 0 Å². The van der Waals surface area contributed by atoms with E-state index in [1.54, 1.807) is 24.5 Å². The summed E-state index contributed by atoms with van der Waals surface area (Å²) in [6.07, 6.45) is 7.67. The molecule has 0 aliphatic carbocycles. The summed E-state index contributed by atoms with van der Waals surface area (Å²) in [4.78, 5) is 22.6. The Balaban J connectivity index is 1.46. The van der Waals surface area contributed by atoms with E-state index < -0.39 is 5.97 Å². The number of hydrogen-bond donors (Lipinski definition) is 1. The zero-order valence-corrected chi connectivity index (χ0v) is 15.7. The molecule has 0 unspecified atom stereocenters. The van der Waals surface area contributed by atoms with Crippen molar-refractivity contribution in [2.45, 2.75) is 25.3 Å². The summed E-state index contributed by atoms with van der Waals surface area (Å²) in [5.41, 5.74) is 4.32. The van der Waals surface area contributed by atoms with Crippen molar-refractivity contribution in [3.05, 3.63) is 83.9 Å². The highest BCUT2D eigenvalue weighted by atomic mass is 16.4. The lowest BCUT2D eigenvalue weighted by Crippen LogP contribution is -2.34. The topological polar surface area (TPSA) is 66.3 Å². The van der Waals surface area contributed by atoms with Crippen LogP contribution in [0.25, 0.3) is 11.1 Å². The Labute approximate surface area is 164 Å². The molecule has 28 heavy (non-hydrogen) atoms. The molecule has 0 amide bonds. The van der Waals surface area contributed by atoms with Crippen LogP contribution in [0.3, 0.4) is 0 Å². The summed E-state index contributed by atoms with van der Waals surface area (Å²) in [5, 5.41) is 9.40. The third kappa shape index (κ3) is 4.10. The minimum Gasteiger partial charge on any atom is -0.478 e. The van der Waals surface area contributed by atoms with Gasteiger partial charge in [0.05, 0.1) is 11.3 Å². The number of piperidine rings is 1. The Hall–Kier alpha value is -3.05.